The second-order valence-electron chi connectivity index (χ2n) is 6.31. The van der Waals surface area contributed by atoms with Gasteiger partial charge in [-0.1, -0.05) is 12.1 Å². The highest BCUT2D eigenvalue weighted by Gasteiger charge is 2.17. The van der Waals surface area contributed by atoms with E-state index in [1.807, 2.05) is 35.0 Å². The van der Waals surface area contributed by atoms with Crippen molar-refractivity contribution >= 4 is 21.6 Å². The van der Waals surface area contributed by atoms with E-state index in [-0.39, 0.29) is 29.5 Å². The molecule has 4 aromatic rings. The number of amides is 1. The predicted molar refractivity (Wildman–Crippen MR) is 106 cm³/mol. The molecule has 0 bridgehead atoms. The van der Waals surface area contributed by atoms with Gasteiger partial charge in [-0.3, -0.25) is 4.79 Å². The molecule has 3 aromatic heterocycles. The van der Waals surface area contributed by atoms with Gasteiger partial charge in [-0.25, -0.2) is 18.1 Å². The van der Waals surface area contributed by atoms with Crippen LogP contribution in [0, 0.1) is 0 Å². The van der Waals surface area contributed by atoms with Crippen molar-refractivity contribution in [2.45, 2.75) is 18.0 Å². The molecule has 0 saturated heterocycles. The summed E-state index contributed by atoms with van der Waals surface area (Å²) in [5.74, 6) is 0.111. The molecule has 148 valence electrons. The molecule has 0 aliphatic heterocycles. The monoisotopic (exact) mass is 410 g/mol. The first kappa shape index (κ1) is 18.9. The fourth-order valence-electron chi connectivity index (χ4n) is 2.81. The van der Waals surface area contributed by atoms with Crippen molar-refractivity contribution in [3.05, 3.63) is 90.3 Å². The number of fused-ring (bicyclic) bond motifs is 1. The van der Waals surface area contributed by atoms with Gasteiger partial charge < -0.3 is 14.1 Å². The highest BCUT2D eigenvalue weighted by Crippen LogP contribution is 2.13. The number of benzene rings is 1. The number of nitrogens with one attached hydrogen (secondary N) is 2. The van der Waals surface area contributed by atoms with E-state index in [0.29, 0.717) is 11.5 Å². The molecule has 0 atom stereocenters. The third-order valence-electron chi connectivity index (χ3n) is 4.27. The van der Waals surface area contributed by atoms with Crippen molar-refractivity contribution < 1.29 is 17.6 Å². The maximum absolute atomic E-state index is 12.5. The number of rotatable bonds is 7. The highest BCUT2D eigenvalue weighted by atomic mass is 32.2. The summed E-state index contributed by atoms with van der Waals surface area (Å²) in [6.07, 6.45) is 5.17. The van der Waals surface area contributed by atoms with Gasteiger partial charge in [0, 0.05) is 18.0 Å². The topological polar surface area (TPSA) is 106 Å². The molecule has 29 heavy (non-hydrogen) atoms. The fraction of sp³-hybridized carbons (Fsp3) is 0.100. The molecule has 0 aliphatic carbocycles. The van der Waals surface area contributed by atoms with Gasteiger partial charge in [-0.2, -0.15) is 0 Å². The van der Waals surface area contributed by atoms with Gasteiger partial charge in [0.2, 0.25) is 10.0 Å². The Balaban J connectivity index is 1.43. The van der Waals surface area contributed by atoms with Crippen LogP contribution in [0.3, 0.4) is 0 Å². The number of imidazole rings is 1. The number of furan rings is 1. The Labute approximate surface area is 167 Å². The summed E-state index contributed by atoms with van der Waals surface area (Å²) in [7, 11) is -3.78. The summed E-state index contributed by atoms with van der Waals surface area (Å²) in [4.78, 5) is 16.9. The molecule has 2 N–H and O–H groups in total. The number of hydrogen-bond acceptors (Lipinski definition) is 5. The van der Waals surface area contributed by atoms with Crippen molar-refractivity contribution in [2.75, 3.05) is 0 Å². The summed E-state index contributed by atoms with van der Waals surface area (Å²) < 4.78 is 34.4. The second-order valence-corrected chi connectivity index (χ2v) is 8.08. The summed E-state index contributed by atoms with van der Waals surface area (Å²) >= 11 is 0. The van der Waals surface area contributed by atoms with Crippen molar-refractivity contribution in [1.29, 1.82) is 0 Å². The number of aromatic nitrogens is 2. The molecular formula is C20H18N4O4S. The molecule has 0 unspecified atom stereocenters. The van der Waals surface area contributed by atoms with Crippen LogP contribution in [0.1, 0.15) is 21.8 Å². The van der Waals surface area contributed by atoms with E-state index in [1.165, 1.54) is 24.5 Å². The zero-order valence-electron chi connectivity index (χ0n) is 15.3. The lowest BCUT2D eigenvalue weighted by atomic mass is 10.2. The number of nitrogens with zero attached hydrogens (tertiary/aromatic N) is 2. The predicted octanol–water partition coefficient (Wildman–Crippen LogP) is 2.34. The Bertz CT molecular complexity index is 1210. The third kappa shape index (κ3) is 4.36. The number of pyridine rings is 1. The Morgan fingerprint density at radius 1 is 1.07 bits per heavy atom. The lowest BCUT2D eigenvalue weighted by molar-refractivity contribution is 0.0950. The summed E-state index contributed by atoms with van der Waals surface area (Å²) in [5, 5.41) is 2.76. The molecule has 0 saturated carbocycles. The van der Waals surface area contributed by atoms with Gasteiger partial charge in [-0.05, 0) is 42.5 Å². The van der Waals surface area contributed by atoms with Crippen molar-refractivity contribution in [3.63, 3.8) is 0 Å². The average Bonchev–Trinajstić information content (AvgIpc) is 3.40. The van der Waals surface area contributed by atoms with Crippen LogP contribution in [0.2, 0.25) is 0 Å². The first-order valence-corrected chi connectivity index (χ1v) is 10.3. The normalized spacial score (nSPS) is 11.6. The number of carbonyl (C=O) groups excluding carboxylic acids is 1. The molecule has 0 radical (unpaired) electrons. The lowest BCUT2D eigenvalue weighted by Gasteiger charge is -2.08. The lowest BCUT2D eigenvalue weighted by Crippen LogP contribution is -2.25. The molecule has 0 fully saturated rings. The molecule has 3 heterocycles. The standard InChI is InChI=1S/C20H18N4O4S/c25-20(21-12-16-14-24-9-2-1-8-19(24)23-16)15-5-3-7-18(11-15)29(26,27)22-13-17-6-4-10-28-17/h1-11,14,22H,12-13H2,(H,21,25). The van der Waals surface area contributed by atoms with Crippen LogP contribution in [-0.2, 0) is 23.1 Å². The zero-order valence-corrected chi connectivity index (χ0v) is 16.1. The van der Waals surface area contributed by atoms with Gasteiger partial charge in [0.25, 0.3) is 5.91 Å². The smallest absolute Gasteiger partial charge is 0.251 e. The number of carbonyl (C=O) groups is 1. The van der Waals surface area contributed by atoms with Crippen molar-refractivity contribution in [1.82, 2.24) is 19.4 Å². The third-order valence-corrected chi connectivity index (χ3v) is 5.67. The van der Waals surface area contributed by atoms with Crippen LogP contribution in [0.25, 0.3) is 5.65 Å². The summed E-state index contributed by atoms with van der Waals surface area (Å²) in [6.45, 7) is 0.258. The van der Waals surface area contributed by atoms with Crippen LogP contribution < -0.4 is 10.0 Å². The van der Waals surface area contributed by atoms with Crippen LogP contribution in [-0.4, -0.2) is 23.7 Å². The fourth-order valence-corrected chi connectivity index (χ4v) is 3.85. The maximum atomic E-state index is 12.5. The molecule has 8 nitrogen and oxygen atoms in total. The van der Waals surface area contributed by atoms with E-state index in [9.17, 15) is 13.2 Å². The first-order valence-electron chi connectivity index (χ1n) is 8.84. The summed E-state index contributed by atoms with van der Waals surface area (Å²) in [5.41, 5.74) is 1.73. The minimum Gasteiger partial charge on any atom is -0.468 e. The van der Waals surface area contributed by atoms with Crippen molar-refractivity contribution in [2.24, 2.45) is 0 Å². The quantitative estimate of drug-likeness (QED) is 0.486. The molecule has 1 amide bonds. The van der Waals surface area contributed by atoms with Gasteiger partial charge in [0.1, 0.15) is 11.4 Å². The maximum Gasteiger partial charge on any atom is 0.251 e. The Hall–Kier alpha value is -3.43. The molecule has 1 aromatic carbocycles. The Kier molecular flexibility index (Phi) is 5.15. The SMILES string of the molecule is O=C(NCc1cn2ccccc2n1)c1cccc(S(=O)(=O)NCc2ccco2)c1. The van der Waals surface area contributed by atoms with Crippen LogP contribution in [0.15, 0.2) is 82.6 Å². The van der Waals surface area contributed by atoms with Gasteiger partial charge in [-0.15, -0.1) is 0 Å². The van der Waals surface area contributed by atoms with E-state index in [4.69, 9.17) is 4.42 Å². The van der Waals surface area contributed by atoms with Crippen LogP contribution in [0.4, 0.5) is 0 Å². The molecule has 0 spiro atoms. The minimum absolute atomic E-state index is 0.00411. The van der Waals surface area contributed by atoms with E-state index in [0.717, 1.165) is 5.65 Å². The molecule has 4 rings (SSSR count). The highest BCUT2D eigenvalue weighted by molar-refractivity contribution is 7.89. The Morgan fingerprint density at radius 2 is 1.97 bits per heavy atom. The van der Waals surface area contributed by atoms with Crippen molar-refractivity contribution in [3.8, 4) is 0 Å². The van der Waals surface area contributed by atoms with Gasteiger partial charge in [0.05, 0.1) is 29.9 Å². The van der Waals surface area contributed by atoms with E-state index < -0.39 is 10.0 Å². The molecule has 0 aliphatic rings. The largest absolute Gasteiger partial charge is 0.468 e. The Morgan fingerprint density at radius 3 is 2.76 bits per heavy atom. The average molecular weight is 410 g/mol. The van der Waals surface area contributed by atoms with Gasteiger partial charge >= 0.3 is 0 Å². The first-order chi connectivity index (χ1) is 14.0. The van der Waals surface area contributed by atoms with Crippen LogP contribution in [0.5, 0.6) is 0 Å². The van der Waals surface area contributed by atoms with E-state index in [1.54, 1.807) is 18.2 Å². The number of sulfonamides is 1. The minimum atomic E-state index is -3.78. The summed E-state index contributed by atoms with van der Waals surface area (Å²) in [6, 6.07) is 14.9. The second kappa shape index (κ2) is 7.90. The zero-order chi connectivity index (χ0) is 20.3. The molecular weight excluding hydrogens is 392 g/mol. The molecule has 9 heteroatoms. The van der Waals surface area contributed by atoms with E-state index in [2.05, 4.69) is 15.0 Å². The van der Waals surface area contributed by atoms with Gasteiger partial charge in [0.15, 0.2) is 0 Å². The number of hydrogen-bond donors (Lipinski definition) is 2. The van der Waals surface area contributed by atoms with E-state index >= 15 is 0 Å². The van der Waals surface area contributed by atoms with Crippen LogP contribution >= 0.6 is 0 Å².